The van der Waals surface area contributed by atoms with Crippen LogP contribution >= 0.6 is 23.2 Å². The Bertz CT molecular complexity index is 2600. The van der Waals surface area contributed by atoms with Crippen LogP contribution < -0.4 is 20.1 Å². The SMILES string of the molecule is N#Cc1ccc(-c2ccc(CC(NC(=O)C3Cc4cc5c(cc4CN3Cc3ccccc3)OC(c3ccc(OCc4ccc(Cl)c(Cl)c4)cc3)C(=O)N5)C(=O)O)cc2)cc1. The first-order valence-corrected chi connectivity index (χ1v) is 20.1. The van der Waals surface area contributed by atoms with E-state index in [4.69, 9.17) is 37.9 Å². The van der Waals surface area contributed by atoms with Crippen molar-refractivity contribution in [2.45, 2.75) is 50.7 Å². The van der Waals surface area contributed by atoms with Gasteiger partial charge < -0.3 is 25.2 Å². The summed E-state index contributed by atoms with van der Waals surface area (Å²) in [4.78, 5) is 42.2. The number of nitrogens with zero attached hydrogens (tertiary/aromatic N) is 2. The summed E-state index contributed by atoms with van der Waals surface area (Å²) in [5, 5.41) is 26.1. The molecule has 12 heteroatoms. The number of nitriles is 1. The summed E-state index contributed by atoms with van der Waals surface area (Å²) in [5.41, 5.74) is 7.98. The highest BCUT2D eigenvalue weighted by atomic mass is 35.5. The summed E-state index contributed by atoms with van der Waals surface area (Å²) in [5.74, 6) is -0.758. The number of halogens is 2. The first-order valence-electron chi connectivity index (χ1n) is 19.3. The Morgan fingerprint density at radius 3 is 2.23 bits per heavy atom. The lowest BCUT2D eigenvalue weighted by Gasteiger charge is -2.37. The molecule has 2 aliphatic rings. The van der Waals surface area contributed by atoms with Gasteiger partial charge in [-0.25, -0.2) is 4.79 Å². The van der Waals surface area contributed by atoms with Gasteiger partial charge >= 0.3 is 5.97 Å². The topological polar surface area (TPSA) is 141 Å². The molecule has 0 fully saturated rings. The Morgan fingerprint density at radius 1 is 0.850 bits per heavy atom. The second-order valence-electron chi connectivity index (χ2n) is 14.8. The number of nitrogens with one attached hydrogen (secondary N) is 2. The number of aliphatic carboxylic acids is 1. The molecule has 0 saturated carbocycles. The largest absolute Gasteiger partial charge is 0.489 e. The van der Waals surface area contributed by atoms with E-state index < -0.39 is 30.1 Å². The standard InChI is InChI=1S/C48H38Cl2N4O6/c49-39-19-10-32(20-40(39)50)28-59-38-17-15-35(16-18-38)45-47(56)52-41-22-36-23-43(54(26-31-4-2-1-3-5-31)27-37(36)24-44(41)60-45)46(55)53-42(48(57)58)21-29-6-11-33(12-7-29)34-13-8-30(25-51)9-14-34/h1-20,22,24,42-43,45H,21,23,26-28H2,(H,52,56)(H,53,55)(H,57,58). The second kappa shape index (κ2) is 17.7. The number of hydrogen-bond donors (Lipinski definition) is 3. The number of benzene rings is 6. The van der Waals surface area contributed by atoms with Gasteiger partial charge in [-0.1, -0.05) is 108 Å². The Kier molecular flexibility index (Phi) is 11.8. The highest BCUT2D eigenvalue weighted by Gasteiger charge is 2.36. The number of hydrogen-bond acceptors (Lipinski definition) is 7. The van der Waals surface area contributed by atoms with Crippen molar-refractivity contribution in [3.05, 3.63) is 182 Å². The fourth-order valence-corrected chi connectivity index (χ4v) is 7.84. The van der Waals surface area contributed by atoms with E-state index in [9.17, 15) is 19.5 Å². The predicted molar refractivity (Wildman–Crippen MR) is 229 cm³/mol. The maximum Gasteiger partial charge on any atom is 0.326 e. The second-order valence-corrected chi connectivity index (χ2v) is 15.6. The molecule has 8 rings (SSSR count). The number of ether oxygens (including phenoxy) is 2. The van der Waals surface area contributed by atoms with Crippen molar-refractivity contribution in [2.75, 3.05) is 5.32 Å². The fraction of sp³-hybridized carbons (Fsp3) is 0.167. The van der Waals surface area contributed by atoms with E-state index in [0.29, 0.717) is 51.4 Å². The molecule has 300 valence electrons. The van der Waals surface area contributed by atoms with Gasteiger partial charge in [0.25, 0.3) is 5.91 Å². The average molecular weight is 838 g/mol. The molecule has 0 radical (unpaired) electrons. The monoisotopic (exact) mass is 836 g/mol. The Morgan fingerprint density at radius 2 is 1.55 bits per heavy atom. The molecular weight excluding hydrogens is 799 g/mol. The summed E-state index contributed by atoms with van der Waals surface area (Å²) in [6.45, 7) is 1.12. The van der Waals surface area contributed by atoms with Crippen LogP contribution in [0.25, 0.3) is 11.1 Å². The number of carboxylic acid groups (broad SMARTS) is 1. The van der Waals surface area contributed by atoms with Gasteiger partial charge in [-0.2, -0.15) is 5.26 Å². The predicted octanol–water partition coefficient (Wildman–Crippen LogP) is 8.92. The van der Waals surface area contributed by atoms with Crippen LogP contribution in [0.15, 0.2) is 133 Å². The Balaban J connectivity index is 0.972. The van der Waals surface area contributed by atoms with Crippen LogP contribution in [0, 0.1) is 11.3 Å². The van der Waals surface area contributed by atoms with Gasteiger partial charge in [-0.05, 0) is 93.9 Å². The average Bonchev–Trinajstić information content (AvgIpc) is 3.26. The molecule has 60 heavy (non-hydrogen) atoms. The van der Waals surface area contributed by atoms with Crippen LogP contribution in [-0.2, 0) is 46.9 Å². The summed E-state index contributed by atoms with van der Waals surface area (Å²) >= 11 is 12.2. The molecule has 0 aliphatic carbocycles. The lowest BCUT2D eigenvalue weighted by molar-refractivity contribution is -0.142. The molecule has 2 heterocycles. The lowest BCUT2D eigenvalue weighted by atomic mass is 9.91. The minimum Gasteiger partial charge on any atom is -0.489 e. The van der Waals surface area contributed by atoms with E-state index in [2.05, 4.69) is 16.7 Å². The van der Waals surface area contributed by atoms with Gasteiger partial charge in [-0.15, -0.1) is 0 Å². The Labute approximate surface area is 356 Å². The fourth-order valence-electron chi connectivity index (χ4n) is 7.52. The van der Waals surface area contributed by atoms with Crippen molar-refractivity contribution in [1.29, 1.82) is 5.26 Å². The summed E-state index contributed by atoms with van der Waals surface area (Å²) in [6.07, 6.45) is -0.526. The molecule has 0 spiro atoms. The molecule has 3 N–H and O–H groups in total. The van der Waals surface area contributed by atoms with E-state index in [1.54, 1.807) is 48.5 Å². The van der Waals surface area contributed by atoms with Gasteiger partial charge in [0.05, 0.1) is 33.4 Å². The molecule has 6 aromatic rings. The first-order chi connectivity index (χ1) is 29.1. The zero-order chi connectivity index (χ0) is 41.8. The third kappa shape index (κ3) is 9.14. The minimum atomic E-state index is -1.17. The summed E-state index contributed by atoms with van der Waals surface area (Å²) in [6, 6.07) is 41.0. The molecule has 0 saturated heterocycles. The van der Waals surface area contributed by atoms with E-state index in [0.717, 1.165) is 38.9 Å². The van der Waals surface area contributed by atoms with Crippen molar-refractivity contribution in [3.8, 4) is 28.7 Å². The van der Waals surface area contributed by atoms with Crippen molar-refractivity contribution in [3.63, 3.8) is 0 Å². The molecule has 0 bridgehead atoms. The first kappa shape index (κ1) is 40.2. The van der Waals surface area contributed by atoms with Crippen LogP contribution in [0.4, 0.5) is 5.69 Å². The van der Waals surface area contributed by atoms with E-state index in [1.165, 1.54) is 0 Å². The number of rotatable bonds is 12. The lowest BCUT2D eigenvalue weighted by Crippen LogP contribution is -2.54. The third-order valence-electron chi connectivity index (χ3n) is 10.7. The number of carbonyl (C=O) groups is 3. The quantitative estimate of drug-likeness (QED) is 0.111. The van der Waals surface area contributed by atoms with Gasteiger partial charge in [0.1, 0.15) is 24.1 Å². The summed E-state index contributed by atoms with van der Waals surface area (Å²) < 4.78 is 12.3. The highest BCUT2D eigenvalue weighted by Crippen LogP contribution is 2.40. The number of amides is 2. The number of carboxylic acids is 1. The maximum atomic E-state index is 14.2. The van der Waals surface area contributed by atoms with Crippen molar-refractivity contribution < 1.29 is 29.0 Å². The van der Waals surface area contributed by atoms with Crippen molar-refractivity contribution in [2.24, 2.45) is 0 Å². The number of carbonyl (C=O) groups excluding carboxylic acids is 2. The smallest absolute Gasteiger partial charge is 0.326 e. The van der Waals surface area contributed by atoms with E-state index in [-0.39, 0.29) is 25.4 Å². The molecule has 0 aromatic heterocycles. The van der Waals surface area contributed by atoms with Gasteiger partial charge in [0.15, 0.2) is 0 Å². The van der Waals surface area contributed by atoms with Gasteiger partial charge in [0, 0.05) is 25.1 Å². The van der Waals surface area contributed by atoms with Crippen molar-refractivity contribution in [1.82, 2.24) is 10.2 Å². The highest BCUT2D eigenvalue weighted by molar-refractivity contribution is 6.42. The normalized spacial score (nSPS) is 16.2. The zero-order valence-electron chi connectivity index (χ0n) is 32.1. The van der Waals surface area contributed by atoms with Crippen LogP contribution in [0.3, 0.4) is 0 Å². The van der Waals surface area contributed by atoms with Crippen LogP contribution in [0.5, 0.6) is 11.5 Å². The Hall–Kier alpha value is -6.64. The van der Waals surface area contributed by atoms with E-state index >= 15 is 0 Å². The number of fused-ring (bicyclic) bond motifs is 2. The van der Waals surface area contributed by atoms with E-state index in [1.807, 2.05) is 89.8 Å². The third-order valence-corrected chi connectivity index (χ3v) is 11.5. The molecule has 3 atom stereocenters. The molecule has 2 aliphatic heterocycles. The van der Waals surface area contributed by atoms with Crippen LogP contribution in [0.2, 0.25) is 10.0 Å². The zero-order valence-corrected chi connectivity index (χ0v) is 33.6. The van der Waals surface area contributed by atoms with Crippen LogP contribution in [-0.4, -0.2) is 39.9 Å². The molecular formula is C48H38Cl2N4O6. The van der Waals surface area contributed by atoms with Crippen molar-refractivity contribution >= 4 is 46.7 Å². The molecule has 3 unspecified atom stereocenters. The summed E-state index contributed by atoms with van der Waals surface area (Å²) in [7, 11) is 0. The minimum absolute atomic E-state index is 0.0865. The molecule has 2 amide bonds. The van der Waals surface area contributed by atoms with Gasteiger partial charge in [0.2, 0.25) is 12.0 Å². The number of anilines is 1. The van der Waals surface area contributed by atoms with Gasteiger partial charge in [-0.3, -0.25) is 14.5 Å². The van der Waals surface area contributed by atoms with Crippen LogP contribution in [0.1, 0.15) is 45.0 Å². The molecule has 6 aromatic carbocycles. The maximum absolute atomic E-state index is 14.2. The molecule has 10 nitrogen and oxygen atoms in total.